The summed E-state index contributed by atoms with van der Waals surface area (Å²) in [5.74, 6) is 3.39. The largest absolute Gasteiger partial charge is 0.474 e. The third kappa shape index (κ3) is 4.58. The zero-order valence-electron chi connectivity index (χ0n) is 13.9. The first kappa shape index (κ1) is 16.1. The van der Waals surface area contributed by atoms with E-state index in [1.54, 1.807) is 0 Å². The fourth-order valence-electron chi connectivity index (χ4n) is 2.72. The molecule has 1 fully saturated rings. The Labute approximate surface area is 128 Å². The van der Waals surface area contributed by atoms with Crippen molar-refractivity contribution in [2.24, 2.45) is 5.92 Å². The van der Waals surface area contributed by atoms with E-state index < -0.39 is 0 Å². The minimum Gasteiger partial charge on any atom is -0.474 e. The third-order valence-electron chi connectivity index (χ3n) is 4.10. The smallest absolute Gasteiger partial charge is 0.219 e. The van der Waals surface area contributed by atoms with E-state index in [0.717, 1.165) is 36.9 Å². The second-order valence-corrected chi connectivity index (χ2v) is 6.45. The van der Waals surface area contributed by atoms with E-state index in [0.29, 0.717) is 17.9 Å². The SMILES string of the molecule is CCCNc1cc(OC2CCCCC2C)nc(C(C)C)n1. The van der Waals surface area contributed by atoms with E-state index in [9.17, 15) is 0 Å². The molecule has 2 rings (SSSR count). The fraction of sp³-hybridized carbons (Fsp3) is 0.765. The minimum absolute atomic E-state index is 0.299. The summed E-state index contributed by atoms with van der Waals surface area (Å²) in [5, 5.41) is 3.35. The molecule has 118 valence electrons. The molecule has 1 heterocycles. The Balaban J connectivity index is 2.14. The van der Waals surface area contributed by atoms with Crippen molar-refractivity contribution in [3.05, 3.63) is 11.9 Å². The quantitative estimate of drug-likeness (QED) is 0.845. The first-order valence-corrected chi connectivity index (χ1v) is 8.39. The lowest BCUT2D eigenvalue weighted by Crippen LogP contribution is -2.28. The Bertz CT molecular complexity index is 448. The summed E-state index contributed by atoms with van der Waals surface area (Å²) in [6, 6.07) is 1.95. The van der Waals surface area contributed by atoms with Gasteiger partial charge in [-0.3, -0.25) is 0 Å². The molecular formula is C17H29N3O. The predicted molar refractivity (Wildman–Crippen MR) is 86.9 cm³/mol. The lowest BCUT2D eigenvalue weighted by atomic mass is 9.88. The molecule has 0 saturated heterocycles. The summed E-state index contributed by atoms with van der Waals surface area (Å²) in [4.78, 5) is 9.18. The maximum atomic E-state index is 6.19. The summed E-state index contributed by atoms with van der Waals surface area (Å²) in [6.07, 6.45) is 6.36. The zero-order valence-corrected chi connectivity index (χ0v) is 13.9. The Kier molecular flexibility index (Phi) is 5.83. The molecule has 1 aromatic rings. The molecule has 1 aliphatic rings. The highest BCUT2D eigenvalue weighted by molar-refractivity contribution is 5.38. The van der Waals surface area contributed by atoms with E-state index in [2.05, 4.69) is 43.0 Å². The van der Waals surface area contributed by atoms with Crippen molar-refractivity contribution >= 4 is 5.82 Å². The van der Waals surface area contributed by atoms with Gasteiger partial charge in [0.1, 0.15) is 17.7 Å². The van der Waals surface area contributed by atoms with Gasteiger partial charge in [0.2, 0.25) is 5.88 Å². The molecule has 2 atom stereocenters. The molecule has 0 amide bonds. The standard InChI is InChI=1S/C17H29N3O/c1-5-10-18-15-11-16(20-17(19-15)12(2)3)21-14-9-7-6-8-13(14)4/h11-14H,5-10H2,1-4H3,(H,18,19,20). The van der Waals surface area contributed by atoms with E-state index in [1.807, 2.05) is 6.07 Å². The summed E-state index contributed by atoms with van der Waals surface area (Å²) >= 11 is 0. The van der Waals surface area contributed by atoms with Crippen LogP contribution in [0.3, 0.4) is 0 Å². The van der Waals surface area contributed by atoms with Crippen LogP contribution in [0.5, 0.6) is 5.88 Å². The van der Waals surface area contributed by atoms with Crippen LogP contribution in [-0.2, 0) is 0 Å². The van der Waals surface area contributed by atoms with E-state index in [1.165, 1.54) is 19.3 Å². The molecule has 4 nitrogen and oxygen atoms in total. The van der Waals surface area contributed by atoms with Gasteiger partial charge >= 0.3 is 0 Å². The highest BCUT2D eigenvalue weighted by Crippen LogP contribution is 2.28. The topological polar surface area (TPSA) is 47.0 Å². The van der Waals surface area contributed by atoms with Crippen LogP contribution in [0.4, 0.5) is 5.82 Å². The molecule has 0 radical (unpaired) electrons. The molecule has 2 unspecified atom stereocenters. The second kappa shape index (κ2) is 7.62. The van der Waals surface area contributed by atoms with Crippen molar-refractivity contribution in [1.82, 2.24) is 9.97 Å². The normalized spacial score (nSPS) is 22.3. The molecule has 1 N–H and O–H groups in total. The lowest BCUT2D eigenvalue weighted by molar-refractivity contribution is 0.0971. The van der Waals surface area contributed by atoms with Crippen molar-refractivity contribution in [3.63, 3.8) is 0 Å². The van der Waals surface area contributed by atoms with Crippen molar-refractivity contribution in [2.45, 2.75) is 71.8 Å². The first-order valence-electron chi connectivity index (χ1n) is 8.39. The van der Waals surface area contributed by atoms with Gasteiger partial charge in [-0.05, 0) is 31.6 Å². The number of hydrogen-bond donors (Lipinski definition) is 1. The molecule has 1 aromatic heterocycles. The molecule has 0 aromatic carbocycles. The van der Waals surface area contributed by atoms with Crippen LogP contribution in [-0.4, -0.2) is 22.6 Å². The molecule has 0 spiro atoms. The second-order valence-electron chi connectivity index (χ2n) is 6.45. The average molecular weight is 291 g/mol. The maximum absolute atomic E-state index is 6.19. The number of nitrogens with zero attached hydrogens (tertiary/aromatic N) is 2. The Morgan fingerprint density at radius 1 is 1.29 bits per heavy atom. The Morgan fingerprint density at radius 3 is 2.71 bits per heavy atom. The van der Waals surface area contributed by atoms with Crippen LogP contribution < -0.4 is 10.1 Å². The van der Waals surface area contributed by atoms with E-state index in [-0.39, 0.29) is 0 Å². The van der Waals surface area contributed by atoms with E-state index >= 15 is 0 Å². The van der Waals surface area contributed by atoms with Gasteiger partial charge in [-0.15, -0.1) is 0 Å². The zero-order chi connectivity index (χ0) is 15.2. The maximum Gasteiger partial charge on any atom is 0.219 e. The fourth-order valence-corrected chi connectivity index (χ4v) is 2.72. The lowest BCUT2D eigenvalue weighted by Gasteiger charge is -2.29. The number of hydrogen-bond acceptors (Lipinski definition) is 4. The summed E-state index contributed by atoms with van der Waals surface area (Å²) in [6.45, 7) is 9.59. The number of anilines is 1. The minimum atomic E-state index is 0.299. The highest BCUT2D eigenvalue weighted by Gasteiger charge is 2.23. The molecule has 21 heavy (non-hydrogen) atoms. The van der Waals surface area contributed by atoms with Gasteiger partial charge in [-0.1, -0.05) is 34.1 Å². The Hall–Kier alpha value is -1.32. The average Bonchev–Trinajstić information content (AvgIpc) is 2.47. The van der Waals surface area contributed by atoms with Crippen LogP contribution in [0.15, 0.2) is 6.07 Å². The van der Waals surface area contributed by atoms with Gasteiger partial charge in [0, 0.05) is 18.5 Å². The van der Waals surface area contributed by atoms with Gasteiger partial charge in [-0.25, -0.2) is 4.98 Å². The molecular weight excluding hydrogens is 262 g/mol. The van der Waals surface area contributed by atoms with Crippen LogP contribution in [0.2, 0.25) is 0 Å². The first-order chi connectivity index (χ1) is 10.1. The molecule has 1 aliphatic carbocycles. The number of nitrogens with one attached hydrogen (secondary N) is 1. The number of rotatable bonds is 6. The Morgan fingerprint density at radius 2 is 2.05 bits per heavy atom. The van der Waals surface area contributed by atoms with Crippen molar-refractivity contribution in [2.75, 3.05) is 11.9 Å². The van der Waals surface area contributed by atoms with Crippen LogP contribution in [0.25, 0.3) is 0 Å². The molecule has 0 bridgehead atoms. The highest BCUT2D eigenvalue weighted by atomic mass is 16.5. The van der Waals surface area contributed by atoms with Gasteiger partial charge in [0.15, 0.2) is 0 Å². The van der Waals surface area contributed by atoms with Crippen molar-refractivity contribution in [3.8, 4) is 5.88 Å². The molecule has 0 aliphatic heterocycles. The number of ether oxygens (including phenoxy) is 1. The monoisotopic (exact) mass is 291 g/mol. The van der Waals surface area contributed by atoms with Gasteiger partial charge < -0.3 is 10.1 Å². The summed E-state index contributed by atoms with van der Waals surface area (Å²) < 4.78 is 6.19. The van der Waals surface area contributed by atoms with E-state index in [4.69, 9.17) is 4.74 Å². The van der Waals surface area contributed by atoms with Crippen LogP contribution >= 0.6 is 0 Å². The predicted octanol–water partition coefficient (Wildman–Crippen LogP) is 4.38. The molecule has 1 saturated carbocycles. The van der Waals surface area contributed by atoms with Gasteiger partial charge in [0.05, 0.1) is 0 Å². The van der Waals surface area contributed by atoms with Gasteiger partial charge in [0.25, 0.3) is 0 Å². The summed E-state index contributed by atoms with van der Waals surface area (Å²) in [7, 11) is 0. The third-order valence-corrected chi connectivity index (χ3v) is 4.10. The van der Waals surface area contributed by atoms with Crippen LogP contribution in [0.1, 0.15) is 71.5 Å². The van der Waals surface area contributed by atoms with Crippen LogP contribution in [0, 0.1) is 5.92 Å². The van der Waals surface area contributed by atoms with Gasteiger partial charge in [-0.2, -0.15) is 4.98 Å². The number of aromatic nitrogens is 2. The molecule has 4 heteroatoms. The van der Waals surface area contributed by atoms with Crippen molar-refractivity contribution < 1.29 is 4.74 Å². The summed E-state index contributed by atoms with van der Waals surface area (Å²) in [5.41, 5.74) is 0. The van der Waals surface area contributed by atoms with Crippen molar-refractivity contribution in [1.29, 1.82) is 0 Å².